The van der Waals surface area contributed by atoms with Gasteiger partial charge in [0.1, 0.15) is 5.75 Å². The van der Waals surface area contributed by atoms with Crippen LogP contribution in [0.5, 0.6) is 5.75 Å². The Morgan fingerprint density at radius 1 is 0.947 bits per heavy atom. The fourth-order valence-corrected chi connectivity index (χ4v) is 2.20. The number of methoxy groups -OCH3 is 1. The molecule has 0 aliphatic heterocycles. The molecule has 19 heavy (non-hydrogen) atoms. The Bertz CT molecular complexity index is 523. The zero-order valence-electron chi connectivity index (χ0n) is 11.8. The summed E-state index contributed by atoms with van der Waals surface area (Å²) >= 11 is 0. The van der Waals surface area contributed by atoms with Gasteiger partial charge in [-0.2, -0.15) is 0 Å². The predicted molar refractivity (Wildman–Crippen MR) is 84.4 cm³/mol. The number of hydrogen-bond acceptors (Lipinski definition) is 2. The zero-order chi connectivity index (χ0) is 13.0. The first-order valence-corrected chi connectivity index (χ1v) is 6.55. The average molecular weight is 280 g/mol. The summed E-state index contributed by atoms with van der Waals surface area (Å²) in [5, 5.41) is 2.51. The van der Waals surface area contributed by atoms with Gasteiger partial charge in [0.2, 0.25) is 0 Å². The van der Waals surface area contributed by atoms with Gasteiger partial charge in [0.15, 0.2) is 0 Å². The second-order valence-electron chi connectivity index (χ2n) is 4.51. The highest BCUT2D eigenvalue weighted by atomic mass is 35.5. The molecule has 0 N–H and O–H groups in total. The maximum Gasteiger partial charge on any atom is 0.119 e. The van der Waals surface area contributed by atoms with Gasteiger partial charge in [-0.3, -0.25) is 4.90 Å². The van der Waals surface area contributed by atoms with E-state index in [0.29, 0.717) is 0 Å². The summed E-state index contributed by atoms with van der Waals surface area (Å²) in [4.78, 5) is 2.42. The summed E-state index contributed by atoms with van der Waals surface area (Å²) in [6, 6.07) is 12.9. The molecule has 0 heterocycles. The lowest BCUT2D eigenvalue weighted by molar-refractivity contribution is 0.296. The Balaban J connectivity index is 0.00000180. The van der Waals surface area contributed by atoms with Gasteiger partial charge >= 0.3 is 0 Å². The second-order valence-corrected chi connectivity index (χ2v) is 4.51. The van der Waals surface area contributed by atoms with Crippen molar-refractivity contribution in [3.05, 3.63) is 42.0 Å². The molecule has 0 radical (unpaired) electrons. The van der Waals surface area contributed by atoms with E-state index in [2.05, 4.69) is 49.1 Å². The molecule has 2 rings (SSSR count). The van der Waals surface area contributed by atoms with E-state index in [1.54, 1.807) is 7.11 Å². The monoisotopic (exact) mass is 279 g/mol. The van der Waals surface area contributed by atoms with Crippen LogP contribution in [0.4, 0.5) is 0 Å². The fourth-order valence-electron chi connectivity index (χ4n) is 2.20. The molecule has 2 aromatic rings. The first-order chi connectivity index (χ1) is 8.76. The van der Waals surface area contributed by atoms with Crippen molar-refractivity contribution < 1.29 is 4.74 Å². The van der Waals surface area contributed by atoms with Crippen LogP contribution in [-0.4, -0.2) is 25.1 Å². The first kappa shape index (κ1) is 15.8. The van der Waals surface area contributed by atoms with Crippen LogP contribution < -0.4 is 4.74 Å². The molecule has 2 aromatic carbocycles. The summed E-state index contributed by atoms with van der Waals surface area (Å²) in [5.74, 6) is 0.916. The highest BCUT2D eigenvalue weighted by Gasteiger charge is 2.03. The normalized spacial score (nSPS) is 10.5. The van der Waals surface area contributed by atoms with Crippen molar-refractivity contribution in [3.63, 3.8) is 0 Å². The van der Waals surface area contributed by atoms with Gasteiger partial charge in [-0.25, -0.2) is 0 Å². The lowest BCUT2D eigenvalue weighted by Crippen LogP contribution is -2.21. The molecule has 0 aliphatic rings. The summed E-state index contributed by atoms with van der Waals surface area (Å²) < 4.78 is 5.24. The molecule has 104 valence electrons. The van der Waals surface area contributed by atoms with E-state index in [9.17, 15) is 0 Å². The SMILES string of the molecule is CCN(CC)Cc1ccc2cc(OC)ccc2c1.Cl. The Kier molecular flexibility index (Phi) is 6.13. The Morgan fingerprint density at radius 2 is 1.58 bits per heavy atom. The number of benzene rings is 2. The van der Waals surface area contributed by atoms with Crippen molar-refractivity contribution in [2.75, 3.05) is 20.2 Å². The topological polar surface area (TPSA) is 12.5 Å². The Morgan fingerprint density at radius 3 is 2.21 bits per heavy atom. The number of ether oxygens (including phenoxy) is 1. The minimum atomic E-state index is 0. The zero-order valence-corrected chi connectivity index (χ0v) is 12.7. The van der Waals surface area contributed by atoms with Crippen LogP contribution in [0.3, 0.4) is 0 Å². The number of nitrogens with zero attached hydrogens (tertiary/aromatic N) is 1. The van der Waals surface area contributed by atoms with E-state index in [4.69, 9.17) is 4.74 Å². The van der Waals surface area contributed by atoms with Gasteiger partial charge in [0, 0.05) is 6.54 Å². The summed E-state index contributed by atoms with van der Waals surface area (Å²) in [5.41, 5.74) is 1.37. The molecule has 0 unspecified atom stereocenters. The van der Waals surface area contributed by atoms with E-state index in [1.807, 2.05) is 6.07 Å². The van der Waals surface area contributed by atoms with Crippen LogP contribution in [0, 0.1) is 0 Å². The quantitative estimate of drug-likeness (QED) is 0.817. The van der Waals surface area contributed by atoms with Crippen molar-refractivity contribution in [1.29, 1.82) is 0 Å². The van der Waals surface area contributed by atoms with Crippen molar-refractivity contribution in [2.45, 2.75) is 20.4 Å². The lowest BCUT2D eigenvalue weighted by atomic mass is 10.1. The maximum atomic E-state index is 5.24. The van der Waals surface area contributed by atoms with E-state index in [-0.39, 0.29) is 12.4 Å². The summed E-state index contributed by atoms with van der Waals surface area (Å²) in [6.45, 7) is 7.62. The summed E-state index contributed by atoms with van der Waals surface area (Å²) in [7, 11) is 1.70. The first-order valence-electron chi connectivity index (χ1n) is 6.55. The second kappa shape index (κ2) is 7.37. The van der Waals surface area contributed by atoms with Crippen LogP contribution in [0.1, 0.15) is 19.4 Å². The molecule has 0 spiro atoms. The molecule has 2 nitrogen and oxygen atoms in total. The van der Waals surface area contributed by atoms with Crippen LogP contribution in [0.15, 0.2) is 36.4 Å². The molecule has 0 fully saturated rings. The number of rotatable bonds is 5. The van der Waals surface area contributed by atoms with Crippen molar-refractivity contribution in [1.82, 2.24) is 4.90 Å². The minimum absolute atomic E-state index is 0. The third-order valence-corrected chi connectivity index (χ3v) is 3.41. The predicted octanol–water partition coefficient (Wildman–Crippen LogP) is 4.11. The average Bonchev–Trinajstić information content (AvgIpc) is 2.44. The molecule has 3 heteroatoms. The van der Waals surface area contributed by atoms with Gasteiger partial charge in [-0.05, 0) is 47.6 Å². The van der Waals surface area contributed by atoms with Crippen molar-refractivity contribution >= 4 is 23.2 Å². The summed E-state index contributed by atoms with van der Waals surface area (Å²) in [6.07, 6.45) is 0. The van der Waals surface area contributed by atoms with E-state index >= 15 is 0 Å². The number of fused-ring (bicyclic) bond motifs is 1. The number of hydrogen-bond donors (Lipinski definition) is 0. The highest BCUT2D eigenvalue weighted by Crippen LogP contribution is 2.22. The van der Waals surface area contributed by atoms with Crippen molar-refractivity contribution in [2.24, 2.45) is 0 Å². The van der Waals surface area contributed by atoms with E-state index in [0.717, 1.165) is 25.4 Å². The third-order valence-electron chi connectivity index (χ3n) is 3.41. The Labute approximate surface area is 121 Å². The van der Waals surface area contributed by atoms with Crippen LogP contribution in [-0.2, 0) is 6.54 Å². The van der Waals surface area contributed by atoms with E-state index < -0.39 is 0 Å². The molecule has 0 saturated heterocycles. The van der Waals surface area contributed by atoms with Crippen LogP contribution in [0.2, 0.25) is 0 Å². The van der Waals surface area contributed by atoms with Gasteiger partial charge in [-0.1, -0.05) is 32.0 Å². The maximum absolute atomic E-state index is 5.24. The fraction of sp³-hybridized carbons (Fsp3) is 0.375. The molecule has 0 aliphatic carbocycles. The van der Waals surface area contributed by atoms with Crippen LogP contribution in [0.25, 0.3) is 10.8 Å². The highest BCUT2D eigenvalue weighted by molar-refractivity contribution is 5.85. The molecule has 0 bridgehead atoms. The molecule has 0 atom stereocenters. The third kappa shape index (κ3) is 3.85. The molecule has 0 amide bonds. The van der Waals surface area contributed by atoms with Gasteiger partial charge < -0.3 is 4.74 Å². The smallest absolute Gasteiger partial charge is 0.119 e. The minimum Gasteiger partial charge on any atom is -0.497 e. The molecule has 0 saturated carbocycles. The molecular weight excluding hydrogens is 258 g/mol. The van der Waals surface area contributed by atoms with Gasteiger partial charge in [-0.15, -0.1) is 12.4 Å². The van der Waals surface area contributed by atoms with E-state index in [1.165, 1.54) is 16.3 Å². The van der Waals surface area contributed by atoms with Crippen molar-refractivity contribution in [3.8, 4) is 5.75 Å². The largest absolute Gasteiger partial charge is 0.497 e. The standard InChI is InChI=1S/C16H21NO.ClH/c1-4-17(5-2)12-13-6-7-15-11-16(18-3)9-8-14(15)10-13;/h6-11H,4-5,12H2,1-3H3;1H. The molecule has 0 aromatic heterocycles. The Hall–Kier alpha value is -1.25. The van der Waals surface area contributed by atoms with Gasteiger partial charge in [0.05, 0.1) is 7.11 Å². The number of halogens is 1. The van der Waals surface area contributed by atoms with Crippen LogP contribution >= 0.6 is 12.4 Å². The lowest BCUT2D eigenvalue weighted by Gasteiger charge is -2.18. The van der Waals surface area contributed by atoms with Gasteiger partial charge in [0.25, 0.3) is 0 Å². The molecular formula is C16H22ClNO.